The van der Waals surface area contributed by atoms with Crippen molar-refractivity contribution >= 4 is 11.9 Å². The number of carbonyl (C=O) groups excluding carboxylic acids is 2. The van der Waals surface area contributed by atoms with Crippen molar-refractivity contribution in [3.63, 3.8) is 0 Å². The van der Waals surface area contributed by atoms with Crippen LogP contribution in [0.15, 0.2) is 43.0 Å². The van der Waals surface area contributed by atoms with Crippen molar-refractivity contribution in [3.8, 4) is 11.8 Å². The first-order chi connectivity index (χ1) is 10.0. The lowest BCUT2D eigenvalue weighted by molar-refractivity contribution is -0.160. The molecule has 0 saturated heterocycles. The molecule has 0 aliphatic carbocycles. The predicted molar refractivity (Wildman–Crippen MR) is 79.2 cm³/mol. The lowest BCUT2D eigenvalue weighted by Crippen LogP contribution is -2.33. The van der Waals surface area contributed by atoms with Crippen LogP contribution in [0.2, 0.25) is 0 Å². The smallest absolute Gasteiger partial charge is 0.304 e. The lowest BCUT2D eigenvalue weighted by atomic mass is 10.1. The van der Waals surface area contributed by atoms with Crippen LogP contribution in [0.5, 0.6) is 0 Å². The van der Waals surface area contributed by atoms with Crippen LogP contribution in [-0.4, -0.2) is 24.1 Å². The first kappa shape index (κ1) is 16.5. The van der Waals surface area contributed by atoms with Gasteiger partial charge in [-0.3, -0.25) is 9.59 Å². The molecule has 0 aliphatic heterocycles. The van der Waals surface area contributed by atoms with Crippen LogP contribution in [0, 0.1) is 11.8 Å². The molecule has 0 heterocycles. The molecule has 0 N–H and O–H groups in total. The fourth-order valence-electron chi connectivity index (χ4n) is 1.66. The molecule has 0 fully saturated rings. The van der Waals surface area contributed by atoms with Crippen molar-refractivity contribution in [1.29, 1.82) is 0 Å². The molecule has 4 heteroatoms. The average molecular weight is 286 g/mol. The first-order valence-corrected chi connectivity index (χ1v) is 6.55. The third-order valence-corrected chi connectivity index (χ3v) is 2.48. The van der Waals surface area contributed by atoms with Gasteiger partial charge in [0.2, 0.25) is 0 Å². The number of hydrogen-bond donors (Lipinski definition) is 0. The van der Waals surface area contributed by atoms with Crippen molar-refractivity contribution in [3.05, 3.63) is 48.6 Å². The predicted octanol–water partition coefficient (Wildman–Crippen LogP) is 2.48. The summed E-state index contributed by atoms with van der Waals surface area (Å²) in [6.07, 6.45) is 0.444. The lowest BCUT2D eigenvalue weighted by Gasteiger charge is -2.21. The Balaban J connectivity index is 2.97. The first-order valence-electron chi connectivity index (χ1n) is 6.55. The fourth-order valence-corrected chi connectivity index (χ4v) is 1.66. The summed E-state index contributed by atoms with van der Waals surface area (Å²) in [5.74, 6) is 4.81. The zero-order chi connectivity index (χ0) is 15.7. The Morgan fingerprint density at radius 1 is 1.19 bits per heavy atom. The molecular formula is C17H18O4. The third-order valence-electron chi connectivity index (χ3n) is 2.48. The van der Waals surface area contributed by atoms with Gasteiger partial charge < -0.3 is 9.47 Å². The largest absolute Gasteiger partial charge is 0.457 e. The van der Waals surface area contributed by atoms with Gasteiger partial charge in [-0.05, 0) is 18.1 Å². The van der Waals surface area contributed by atoms with E-state index in [4.69, 9.17) is 9.47 Å². The quantitative estimate of drug-likeness (QED) is 0.474. The summed E-state index contributed by atoms with van der Waals surface area (Å²) in [6, 6.07) is 9.28. The highest BCUT2D eigenvalue weighted by Crippen LogP contribution is 2.10. The van der Waals surface area contributed by atoms with E-state index in [1.807, 2.05) is 30.3 Å². The van der Waals surface area contributed by atoms with E-state index < -0.39 is 24.1 Å². The summed E-state index contributed by atoms with van der Waals surface area (Å²) in [7, 11) is 0. The molecule has 0 saturated carbocycles. The topological polar surface area (TPSA) is 52.6 Å². The number of hydrogen-bond acceptors (Lipinski definition) is 4. The van der Waals surface area contributed by atoms with Gasteiger partial charge in [0.05, 0.1) is 0 Å². The zero-order valence-electron chi connectivity index (χ0n) is 12.2. The molecular weight excluding hydrogens is 268 g/mol. The molecule has 0 spiro atoms. The summed E-state index contributed by atoms with van der Waals surface area (Å²) in [4.78, 5) is 22.4. The van der Waals surface area contributed by atoms with E-state index in [0.717, 1.165) is 5.56 Å². The van der Waals surface area contributed by atoms with Gasteiger partial charge in [0.1, 0.15) is 0 Å². The zero-order valence-corrected chi connectivity index (χ0v) is 12.2. The Bertz CT molecular complexity index is 551. The van der Waals surface area contributed by atoms with Crippen LogP contribution < -0.4 is 0 Å². The number of esters is 2. The molecule has 21 heavy (non-hydrogen) atoms. The van der Waals surface area contributed by atoms with Gasteiger partial charge in [-0.25, -0.2) is 0 Å². The van der Waals surface area contributed by atoms with Crippen molar-refractivity contribution < 1.29 is 19.1 Å². The molecule has 0 bridgehead atoms. The van der Waals surface area contributed by atoms with Crippen LogP contribution in [0.4, 0.5) is 0 Å². The van der Waals surface area contributed by atoms with Crippen molar-refractivity contribution in [2.24, 2.45) is 0 Å². The molecule has 0 aromatic heterocycles. The van der Waals surface area contributed by atoms with Crippen LogP contribution in [0.1, 0.15) is 25.8 Å². The maximum absolute atomic E-state index is 11.2. The van der Waals surface area contributed by atoms with Gasteiger partial charge in [0, 0.05) is 25.8 Å². The Morgan fingerprint density at radius 2 is 1.81 bits per heavy atom. The van der Waals surface area contributed by atoms with E-state index in [2.05, 4.69) is 18.4 Å². The summed E-state index contributed by atoms with van der Waals surface area (Å²) < 4.78 is 10.3. The SMILES string of the molecule is C=CC[C@H](OC(C)=O)[C@H](C#Cc1ccccc1)OC(C)=O. The van der Waals surface area contributed by atoms with Crippen molar-refractivity contribution in [1.82, 2.24) is 0 Å². The van der Waals surface area contributed by atoms with Gasteiger partial charge in [0.15, 0.2) is 12.2 Å². The highest BCUT2D eigenvalue weighted by atomic mass is 16.6. The molecule has 1 aromatic rings. The molecule has 1 rings (SSSR count). The number of benzene rings is 1. The van der Waals surface area contributed by atoms with Gasteiger partial charge in [-0.2, -0.15) is 0 Å². The Labute approximate surface area is 124 Å². The summed E-state index contributed by atoms with van der Waals surface area (Å²) >= 11 is 0. The summed E-state index contributed by atoms with van der Waals surface area (Å²) in [6.45, 7) is 6.19. The third kappa shape index (κ3) is 6.44. The minimum Gasteiger partial charge on any atom is -0.457 e. The van der Waals surface area contributed by atoms with Gasteiger partial charge in [-0.1, -0.05) is 30.2 Å². The van der Waals surface area contributed by atoms with E-state index in [1.54, 1.807) is 6.08 Å². The Morgan fingerprint density at radius 3 is 2.33 bits per heavy atom. The molecule has 0 radical (unpaired) electrons. The van der Waals surface area contributed by atoms with Gasteiger partial charge in [0.25, 0.3) is 0 Å². The Hall–Kier alpha value is -2.54. The van der Waals surface area contributed by atoms with E-state index >= 15 is 0 Å². The monoisotopic (exact) mass is 286 g/mol. The van der Waals surface area contributed by atoms with Gasteiger partial charge >= 0.3 is 11.9 Å². The molecule has 4 nitrogen and oxygen atoms in total. The van der Waals surface area contributed by atoms with Gasteiger partial charge in [-0.15, -0.1) is 6.58 Å². The minimum atomic E-state index is -0.829. The molecule has 1 aromatic carbocycles. The second-order valence-corrected chi connectivity index (χ2v) is 4.34. The van der Waals surface area contributed by atoms with E-state index in [0.29, 0.717) is 6.42 Å². The second kappa shape index (κ2) is 8.60. The average Bonchev–Trinajstić information content (AvgIpc) is 2.43. The number of ether oxygens (including phenoxy) is 2. The van der Waals surface area contributed by atoms with Crippen LogP contribution in [-0.2, 0) is 19.1 Å². The highest BCUT2D eigenvalue weighted by Gasteiger charge is 2.24. The van der Waals surface area contributed by atoms with Crippen LogP contribution in [0.3, 0.4) is 0 Å². The second-order valence-electron chi connectivity index (χ2n) is 4.34. The number of carbonyl (C=O) groups is 2. The van der Waals surface area contributed by atoms with Crippen LogP contribution in [0.25, 0.3) is 0 Å². The Kier molecular flexibility index (Phi) is 6.76. The van der Waals surface area contributed by atoms with Crippen molar-refractivity contribution in [2.75, 3.05) is 0 Å². The normalized spacial score (nSPS) is 12.3. The maximum Gasteiger partial charge on any atom is 0.304 e. The van der Waals surface area contributed by atoms with Crippen molar-refractivity contribution in [2.45, 2.75) is 32.5 Å². The van der Waals surface area contributed by atoms with E-state index in [1.165, 1.54) is 13.8 Å². The standard InChI is InChI=1S/C17H18O4/c1-4-8-16(20-13(2)18)17(21-14(3)19)12-11-15-9-6-5-7-10-15/h4-7,9-10,16-17H,1,8H2,2-3H3/t16-,17-/m0/s1. The molecule has 2 atom stereocenters. The number of rotatable bonds is 5. The van der Waals surface area contributed by atoms with Crippen LogP contribution >= 0.6 is 0 Å². The molecule has 0 aliphatic rings. The molecule has 110 valence electrons. The maximum atomic E-state index is 11.2. The van der Waals surface area contributed by atoms with E-state index in [9.17, 15) is 9.59 Å². The fraction of sp³-hybridized carbons (Fsp3) is 0.294. The molecule has 0 amide bonds. The molecule has 0 unspecified atom stereocenters. The summed E-state index contributed by atoms with van der Waals surface area (Å²) in [5, 5.41) is 0. The highest BCUT2D eigenvalue weighted by molar-refractivity contribution is 5.67. The van der Waals surface area contributed by atoms with E-state index in [-0.39, 0.29) is 0 Å². The minimum absolute atomic E-state index is 0.348. The summed E-state index contributed by atoms with van der Waals surface area (Å²) in [5.41, 5.74) is 0.787.